The number of halogens is 1. The average Bonchev–Trinajstić information content (AvgIpc) is 2.95. The maximum absolute atomic E-state index is 13.9. The summed E-state index contributed by atoms with van der Waals surface area (Å²) >= 11 is 0. The lowest BCUT2D eigenvalue weighted by Gasteiger charge is -2.09. The van der Waals surface area contributed by atoms with Gasteiger partial charge in [-0.2, -0.15) is 10.4 Å². The Morgan fingerprint density at radius 1 is 1.19 bits per heavy atom. The number of benzene rings is 2. The predicted octanol–water partition coefficient (Wildman–Crippen LogP) is 3.87. The first-order chi connectivity index (χ1) is 13.0. The molecule has 0 aliphatic heterocycles. The zero-order valence-corrected chi connectivity index (χ0v) is 14.9. The molecule has 0 spiro atoms. The zero-order chi connectivity index (χ0) is 19.4. The molecule has 0 radical (unpaired) electrons. The number of nitrogens with one attached hydrogen (secondary N) is 1. The summed E-state index contributed by atoms with van der Waals surface area (Å²) in [6.45, 7) is 3.95. The van der Waals surface area contributed by atoms with Crippen molar-refractivity contribution >= 4 is 12.1 Å². The molecule has 0 aliphatic carbocycles. The van der Waals surface area contributed by atoms with Crippen LogP contribution in [-0.4, -0.2) is 16.7 Å². The lowest BCUT2D eigenvalue weighted by Crippen LogP contribution is -2.19. The van der Waals surface area contributed by atoms with Crippen LogP contribution in [0.4, 0.5) is 4.39 Å². The number of carbonyl (C=O) groups excluding carboxylic acids is 1. The molecule has 27 heavy (non-hydrogen) atoms. The van der Waals surface area contributed by atoms with E-state index in [0.29, 0.717) is 0 Å². The highest BCUT2D eigenvalue weighted by Crippen LogP contribution is 2.19. The zero-order valence-electron chi connectivity index (χ0n) is 14.9. The highest BCUT2D eigenvalue weighted by Gasteiger charge is 2.12. The van der Waals surface area contributed by atoms with Crippen LogP contribution < -0.4 is 5.43 Å². The van der Waals surface area contributed by atoms with Crippen molar-refractivity contribution in [2.75, 3.05) is 0 Å². The minimum absolute atomic E-state index is 0.154. The maximum atomic E-state index is 13.9. The number of aryl methyl sites for hydroxylation is 1. The molecule has 5 nitrogen and oxygen atoms in total. The van der Waals surface area contributed by atoms with Gasteiger partial charge in [0.25, 0.3) is 5.91 Å². The van der Waals surface area contributed by atoms with Crippen molar-refractivity contribution in [3.05, 3.63) is 88.5 Å². The van der Waals surface area contributed by atoms with Crippen molar-refractivity contribution < 1.29 is 9.18 Å². The second-order valence-corrected chi connectivity index (χ2v) is 6.00. The third-order valence-corrected chi connectivity index (χ3v) is 4.20. The summed E-state index contributed by atoms with van der Waals surface area (Å²) in [7, 11) is 0. The second-order valence-electron chi connectivity index (χ2n) is 6.00. The van der Waals surface area contributed by atoms with E-state index in [0.717, 1.165) is 28.7 Å². The maximum Gasteiger partial charge on any atom is 0.274 e. The third kappa shape index (κ3) is 3.77. The van der Waals surface area contributed by atoms with Gasteiger partial charge in [-0.25, -0.2) is 9.82 Å². The molecule has 3 aromatic rings. The van der Waals surface area contributed by atoms with Gasteiger partial charge in [-0.05, 0) is 50.2 Å². The number of nitrogens with zero attached hydrogens (tertiary/aromatic N) is 3. The van der Waals surface area contributed by atoms with Crippen LogP contribution in [0.3, 0.4) is 0 Å². The molecule has 134 valence electrons. The molecule has 2 aromatic carbocycles. The van der Waals surface area contributed by atoms with Gasteiger partial charge in [-0.15, -0.1) is 0 Å². The number of hydrazone groups is 1. The number of hydrogen-bond acceptors (Lipinski definition) is 3. The molecular formula is C21H17FN4O. The van der Waals surface area contributed by atoms with Gasteiger partial charge in [0.05, 0.1) is 23.4 Å². The summed E-state index contributed by atoms with van der Waals surface area (Å²) in [5.74, 6) is -1.44. The van der Waals surface area contributed by atoms with Gasteiger partial charge in [0.2, 0.25) is 0 Å². The van der Waals surface area contributed by atoms with E-state index < -0.39 is 11.7 Å². The third-order valence-electron chi connectivity index (χ3n) is 4.20. The summed E-state index contributed by atoms with van der Waals surface area (Å²) in [6.07, 6.45) is 1.53. The highest BCUT2D eigenvalue weighted by molar-refractivity contribution is 5.95. The van der Waals surface area contributed by atoms with E-state index in [4.69, 9.17) is 5.26 Å². The van der Waals surface area contributed by atoms with Gasteiger partial charge in [0, 0.05) is 22.6 Å². The first-order valence-corrected chi connectivity index (χ1v) is 8.28. The molecule has 1 aromatic heterocycles. The fourth-order valence-electron chi connectivity index (χ4n) is 2.88. The summed E-state index contributed by atoms with van der Waals surface area (Å²) in [6, 6.07) is 17.4. The van der Waals surface area contributed by atoms with Crippen molar-refractivity contribution in [3.8, 4) is 11.8 Å². The van der Waals surface area contributed by atoms with Gasteiger partial charge in [-0.1, -0.05) is 18.2 Å². The van der Waals surface area contributed by atoms with Crippen LogP contribution in [0.5, 0.6) is 0 Å². The van der Waals surface area contributed by atoms with Crippen LogP contribution in [0.15, 0.2) is 59.7 Å². The van der Waals surface area contributed by atoms with Crippen LogP contribution in [0.2, 0.25) is 0 Å². The topological polar surface area (TPSA) is 70.2 Å². The normalized spacial score (nSPS) is 10.7. The Kier molecular flexibility index (Phi) is 5.13. The molecule has 1 N–H and O–H groups in total. The van der Waals surface area contributed by atoms with Crippen molar-refractivity contribution in [3.63, 3.8) is 0 Å². The Bertz CT molecular complexity index is 1060. The van der Waals surface area contributed by atoms with Crippen molar-refractivity contribution in [2.24, 2.45) is 5.10 Å². The molecule has 0 saturated carbocycles. The number of hydrogen-bond donors (Lipinski definition) is 1. The smallest absolute Gasteiger partial charge is 0.274 e. The monoisotopic (exact) mass is 360 g/mol. The number of aromatic nitrogens is 1. The van der Waals surface area contributed by atoms with E-state index in [9.17, 15) is 9.18 Å². The lowest BCUT2D eigenvalue weighted by atomic mass is 10.1. The van der Waals surface area contributed by atoms with E-state index in [1.54, 1.807) is 0 Å². The van der Waals surface area contributed by atoms with Crippen LogP contribution in [0, 0.1) is 31.0 Å². The molecule has 0 saturated heterocycles. The predicted molar refractivity (Wildman–Crippen MR) is 101 cm³/mol. The quantitative estimate of drug-likeness (QED) is 0.567. The van der Waals surface area contributed by atoms with Gasteiger partial charge in [-0.3, -0.25) is 4.79 Å². The molecule has 3 rings (SSSR count). The first-order valence-electron chi connectivity index (χ1n) is 8.28. The minimum Gasteiger partial charge on any atom is -0.318 e. The Labute approximate surface area is 156 Å². The average molecular weight is 360 g/mol. The molecular weight excluding hydrogens is 343 g/mol. The van der Waals surface area contributed by atoms with E-state index in [1.807, 2.05) is 56.3 Å². The summed E-state index contributed by atoms with van der Waals surface area (Å²) in [5.41, 5.74) is 6.20. The van der Waals surface area contributed by atoms with Crippen molar-refractivity contribution in [1.82, 2.24) is 9.99 Å². The summed E-state index contributed by atoms with van der Waals surface area (Å²) < 4.78 is 16.0. The van der Waals surface area contributed by atoms with E-state index >= 15 is 0 Å². The molecule has 0 fully saturated rings. The second kappa shape index (κ2) is 7.67. The summed E-state index contributed by atoms with van der Waals surface area (Å²) in [5, 5.41) is 12.7. The number of nitriles is 1. The van der Waals surface area contributed by atoms with Gasteiger partial charge >= 0.3 is 0 Å². The number of para-hydroxylation sites is 1. The standard InChI is InChI=1S/C21H17FN4O/c1-14-10-17(15(2)26(14)18-6-4-3-5-7-18)13-24-25-21(27)19-9-8-16(12-23)11-20(19)22/h3-11,13H,1-2H3,(H,25,27)/b24-13+. The van der Waals surface area contributed by atoms with Gasteiger partial charge in [0.1, 0.15) is 5.82 Å². The Morgan fingerprint density at radius 3 is 2.59 bits per heavy atom. The SMILES string of the molecule is Cc1cc(/C=N/NC(=O)c2ccc(C#N)cc2F)c(C)n1-c1ccccc1. The van der Waals surface area contributed by atoms with E-state index in [2.05, 4.69) is 15.1 Å². The molecule has 0 unspecified atom stereocenters. The number of carbonyl (C=O) groups is 1. The number of amides is 1. The molecule has 1 amide bonds. The number of rotatable bonds is 4. The fraction of sp³-hybridized carbons (Fsp3) is 0.0952. The minimum atomic E-state index is -0.760. The van der Waals surface area contributed by atoms with Crippen LogP contribution in [0.25, 0.3) is 5.69 Å². The van der Waals surface area contributed by atoms with E-state index in [-0.39, 0.29) is 11.1 Å². The lowest BCUT2D eigenvalue weighted by molar-refractivity contribution is 0.0951. The van der Waals surface area contributed by atoms with E-state index in [1.165, 1.54) is 18.3 Å². The Balaban J connectivity index is 1.78. The highest BCUT2D eigenvalue weighted by atomic mass is 19.1. The summed E-state index contributed by atoms with van der Waals surface area (Å²) in [4.78, 5) is 12.1. The van der Waals surface area contributed by atoms with Gasteiger partial charge in [0.15, 0.2) is 0 Å². The first kappa shape index (κ1) is 18.1. The molecule has 0 bridgehead atoms. The Hall–Kier alpha value is -3.72. The molecule has 6 heteroatoms. The van der Waals surface area contributed by atoms with Crippen LogP contribution in [0.1, 0.15) is 32.9 Å². The van der Waals surface area contributed by atoms with Crippen molar-refractivity contribution in [1.29, 1.82) is 5.26 Å². The fourth-order valence-corrected chi connectivity index (χ4v) is 2.88. The molecule has 1 heterocycles. The molecule has 0 aliphatic rings. The largest absolute Gasteiger partial charge is 0.318 e. The van der Waals surface area contributed by atoms with Crippen molar-refractivity contribution in [2.45, 2.75) is 13.8 Å². The van der Waals surface area contributed by atoms with Crippen LogP contribution in [-0.2, 0) is 0 Å². The van der Waals surface area contributed by atoms with Gasteiger partial charge < -0.3 is 4.57 Å². The molecule has 0 atom stereocenters. The van der Waals surface area contributed by atoms with Crippen LogP contribution >= 0.6 is 0 Å². The Morgan fingerprint density at radius 2 is 1.93 bits per heavy atom.